The number of sulfonamides is 1. The van der Waals surface area contributed by atoms with Crippen LogP contribution in [0.2, 0.25) is 0 Å². The average Bonchev–Trinajstić information content (AvgIpc) is 3.02. The normalized spacial score (nSPS) is 19.7. The fraction of sp³-hybridized carbons (Fsp3) is 0.429. The second kappa shape index (κ2) is 6.26. The van der Waals surface area contributed by atoms with Gasteiger partial charge in [-0.2, -0.15) is 9.40 Å². The molecule has 124 valence electrons. The fourth-order valence-corrected chi connectivity index (χ4v) is 3.86. The molecule has 0 saturated carbocycles. The molecule has 2 aromatic heterocycles. The van der Waals surface area contributed by atoms with Crippen molar-refractivity contribution in [3.05, 3.63) is 36.4 Å². The lowest BCUT2D eigenvalue weighted by atomic mass is 10.2. The van der Waals surface area contributed by atoms with E-state index in [0.717, 1.165) is 11.4 Å². The first kappa shape index (κ1) is 15.9. The quantitative estimate of drug-likeness (QED) is 0.880. The summed E-state index contributed by atoms with van der Waals surface area (Å²) in [5.41, 5.74) is 1.61. The van der Waals surface area contributed by atoms with Gasteiger partial charge in [-0.15, -0.1) is 0 Å². The standard InChI is InChI=1S/C14H19N5O3S/c1-15-11-3-4-13(16-7-11)14-10-19(5-6-22-14)23(20,21)12-8-17-18(2)9-12/h3-4,7-9,14-15H,5-6,10H2,1-2H3/t14-/m1/s1. The van der Waals surface area contributed by atoms with Crippen molar-refractivity contribution in [1.29, 1.82) is 0 Å². The third kappa shape index (κ3) is 3.21. The molecule has 3 heterocycles. The van der Waals surface area contributed by atoms with Gasteiger partial charge in [-0.1, -0.05) is 0 Å². The van der Waals surface area contributed by atoms with Crippen molar-refractivity contribution in [2.45, 2.75) is 11.0 Å². The van der Waals surface area contributed by atoms with E-state index in [2.05, 4.69) is 15.4 Å². The molecule has 23 heavy (non-hydrogen) atoms. The van der Waals surface area contributed by atoms with Gasteiger partial charge in [0.1, 0.15) is 11.0 Å². The first-order chi connectivity index (χ1) is 11.0. The van der Waals surface area contributed by atoms with Crippen LogP contribution in [-0.2, 0) is 21.8 Å². The van der Waals surface area contributed by atoms with E-state index in [1.165, 1.54) is 21.4 Å². The zero-order valence-corrected chi connectivity index (χ0v) is 13.8. The molecule has 0 amide bonds. The van der Waals surface area contributed by atoms with Crippen molar-refractivity contribution < 1.29 is 13.2 Å². The van der Waals surface area contributed by atoms with Gasteiger partial charge in [0, 0.05) is 33.4 Å². The lowest BCUT2D eigenvalue weighted by Crippen LogP contribution is -2.42. The third-order valence-corrected chi connectivity index (χ3v) is 5.57. The maximum Gasteiger partial charge on any atom is 0.246 e. The van der Waals surface area contributed by atoms with Crippen LogP contribution in [0.5, 0.6) is 0 Å². The van der Waals surface area contributed by atoms with Crippen molar-refractivity contribution in [1.82, 2.24) is 19.1 Å². The number of nitrogens with zero attached hydrogens (tertiary/aromatic N) is 4. The van der Waals surface area contributed by atoms with E-state index >= 15 is 0 Å². The number of hydrogen-bond acceptors (Lipinski definition) is 6. The minimum atomic E-state index is -3.57. The van der Waals surface area contributed by atoms with Crippen molar-refractivity contribution >= 4 is 15.7 Å². The minimum Gasteiger partial charge on any atom is -0.387 e. The minimum absolute atomic E-state index is 0.194. The largest absolute Gasteiger partial charge is 0.387 e. The smallest absolute Gasteiger partial charge is 0.246 e. The van der Waals surface area contributed by atoms with Crippen molar-refractivity contribution in [2.75, 3.05) is 32.1 Å². The highest BCUT2D eigenvalue weighted by atomic mass is 32.2. The monoisotopic (exact) mass is 337 g/mol. The molecular weight excluding hydrogens is 318 g/mol. The number of pyridine rings is 1. The first-order valence-electron chi connectivity index (χ1n) is 7.25. The van der Waals surface area contributed by atoms with E-state index in [1.807, 2.05) is 19.2 Å². The summed E-state index contributed by atoms with van der Waals surface area (Å²) in [5.74, 6) is 0. The zero-order chi connectivity index (χ0) is 16.4. The lowest BCUT2D eigenvalue weighted by Gasteiger charge is -2.31. The van der Waals surface area contributed by atoms with E-state index in [1.54, 1.807) is 13.2 Å². The summed E-state index contributed by atoms with van der Waals surface area (Å²) in [7, 11) is -0.0607. The highest BCUT2D eigenvalue weighted by Crippen LogP contribution is 2.25. The third-order valence-electron chi connectivity index (χ3n) is 3.75. The van der Waals surface area contributed by atoms with Gasteiger partial charge in [-0.05, 0) is 12.1 Å². The van der Waals surface area contributed by atoms with Crippen molar-refractivity contribution in [2.24, 2.45) is 7.05 Å². The summed E-state index contributed by atoms with van der Waals surface area (Å²) in [6.45, 7) is 0.894. The molecule has 0 bridgehead atoms. The van der Waals surface area contributed by atoms with Crippen LogP contribution in [0, 0.1) is 0 Å². The summed E-state index contributed by atoms with van der Waals surface area (Å²) >= 11 is 0. The van der Waals surface area contributed by atoms with Gasteiger partial charge < -0.3 is 10.1 Å². The molecule has 0 unspecified atom stereocenters. The highest BCUT2D eigenvalue weighted by Gasteiger charge is 2.32. The second-order valence-corrected chi connectivity index (χ2v) is 7.23. The molecule has 9 heteroatoms. The molecule has 0 aromatic carbocycles. The zero-order valence-electron chi connectivity index (χ0n) is 13.0. The summed E-state index contributed by atoms with van der Waals surface area (Å²) in [4.78, 5) is 4.53. The maximum absolute atomic E-state index is 12.7. The van der Waals surface area contributed by atoms with Gasteiger partial charge in [-0.25, -0.2) is 8.42 Å². The highest BCUT2D eigenvalue weighted by molar-refractivity contribution is 7.89. The number of anilines is 1. The Morgan fingerprint density at radius 1 is 1.35 bits per heavy atom. The molecule has 0 aliphatic carbocycles. The van der Waals surface area contributed by atoms with E-state index in [9.17, 15) is 8.42 Å². The topological polar surface area (TPSA) is 89.4 Å². The number of hydrogen-bond donors (Lipinski definition) is 1. The van der Waals surface area contributed by atoms with Crippen LogP contribution in [0.25, 0.3) is 0 Å². The van der Waals surface area contributed by atoms with Crippen molar-refractivity contribution in [3.8, 4) is 0 Å². The Bertz CT molecular complexity index is 772. The molecule has 3 rings (SSSR count). The Labute approximate surface area is 135 Å². The Morgan fingerprint density at radius 2 is 2.17 bits per heavy atom. The summed E-state index contributed by atoms with van der Waals surface area (Å²) in [5, 5.41) is 6.93. The molecule has 1 N–H and O–H groups in total. The van der Waals surface area contributed by atoms with Crippen LogP contribution >= 0.6 is 0 Å². The van der Waals surface area contributed by atoms with Gasteiger partial charge in [0.15, 0.2) is 0 Å². The Kier molecular flexibility index (Phi) is 4.33. The van der Waals surface area contributed by atoms with Gasteiger partial charge in [0.2, 0.25) is 10.0 Å². The van der Waals surface area contributed by atoms with Gasteiger partial charge >= 0.3 is 0 Å². The molecule has 1 atom stereocenters. The van der Waals surface area contributed by atoms with Gasteiger partial charge in [-0.3, -0.25) is 9.67 Å². The van der Waals surface area contributed by atoms with Crippen molar-refractivity contribution in [3.63, 3.8) is 0 Å². The van der Waals surface area contributed by atoms with Crippen LogP contribution in [0.1, 0.15) is 11.8 Å². The SMILES string of the molecule is CNc1ccc([C@H]2CN(S(=O)(=O)c3cnn(C)c3)CCO2)nc1. The first-order valence-corrected chi connectivity index (χ1v) is 8.69. The summed E-state index contributed by atoms with van der Waals surface area (Å²) in [6.07, 6.45) is 4.19. The molecular formula is C14H19N5O3S. The van der Waals surface area contributed by atoms with Crippen LogP contribution in [0.3, 0.4) is 0 Å². The summed E-state index contributed by atoms with van der Waals surface area (Å²) in [6, 6.07) is 3.73. The number of aromatic nitrogens is 3. The Balaban J connectivity index is 1.80. The van der Waals surface area contributed by atoms with E-state index < -0.39 is 10.0 Å². The maximum atomic E-state index is 12.7. The fourth-order valence-electron chi connectivity index (χ4n) is 2.45. The summed E-state index contributed by atoms with van der Waals surface area (Å²) < 4.78 is 33.9. The predicted octanol–water partition coefficient (Wildman–Crippen LogP) is 0.619. The lowest BCUT2D eigenvalue weighted by molar-refractivity contribution is -0.00492. The van der Waals surface area contributed by atoms with Gasteiger partial charge in [0.05, 0.1) is 30.4 Å². The molecule has 0 spiro atoms. The van der Waals surface area contributed by atoms with E-state index in [4.69, 9.17) is 4.74 Å². The molecule has 1 aliphatic heterocycles. The average molecular weight is 337 g/mol. The number of ether oxygens (including phenoxy) is 1. The Morgan fingerprint density at radius 3 is 2.78 bits per heavy atom. The van der Waals surface area contributed by atoms with E-state index in [0.29, 0.717) is 13.2 Å². The Hall–Kier alpha value is -1.97. The number of aryl methyl sites for hydroxylation is 1. The van der Waals surface area contributed by atoms with Crippen LogP contribution in [0.15, 0.2) is 35.6 Å². The molecule has 1 aliphatic rings. The number of nitrogens with one attached hydrogen (secondary N) is 1. The molecule has 0 radical (unpaired) electrons. The molecule has 1 fully saturated rings. The molecule has 8 nitrogen and oxygen atoms in total. The van der Waals surface area contributed by atoms with Crippen LogP contribution < -0.4 is 5.32 Å². The second-order valence-electron chi connectivity index (χ2n) is 5.29. The predicted molar refractivity (Wildman–Crippen MR) is 84.4 cm³/mol. The number of morpholine rings is 1. The molecule has 1 saturated heterocycles. The van der Waals surface area contributed by atoms with Gasteiger partial charge in [0.25, 0.3) is 0 Å². The van der Waals surface area contributed by atoms with E-state index in [-0.39, 0.29) is 17.5 Å². The van der Waals surface area contributed by atoms with Crippen LogP contribution in [-0.4, -0.2) is 54.2 Å². The molecule has 2 aromatic rings. The number of rotatable bonds is 4. The van der Waals surface area contributed by atoms with Crippen LogP contribution in [0.4, 0.5) is 5.69 Å².